The molecule has 0 spiro atoms. The van der Waals surface area contributed by atoms with Gasteiger partial charge in [0.05, 0.1) is 4.92 Å². The first-order valence-corrected chi connectivity index (χ1v) is 8.96. The molecule has 0 atom stereocenters. The Hall–Kier alpha value is -2.89. The van der Waals surface area contributed by atoms with Crippen LogP contribution in [0.25, 0.3) is 0 Å². The molecule has 3 rings (SSSR count). The van der Waals surface area contributed by atoms with Crippen molar-refractivity contribution in [2.24, 2.45) is 0 Å². The lowest BCUT2D eigenvalue weighted by atomic mass is 10.1. The van der Waals surface area contributed by atoms with E-state index >= 15 is 0 Å². The highest BCUT2D eigenvalue weighted by Gasteiger charge is 2.22. The third kappa shape index (κ3) is 4.02. The van der Waals surface area contributed by atoms with Gasteiger partial charge in [0.2, 0.25) is 0 Å². The standard InChI is InChI=1S/C20H23N3O3/c1-15-8-4-5-9-17(15)21-20(24)16-10-11-18(19(14-16)23(25)26)22-12-6-2-3-7-13-22/h4-5,8-11,14H,2-3,6-7,12-13H2,1H3,(H,21,24). The smallest absolute Gasteiger partial charge is 0.293 e. The second kappa shape index (κ2) is 7.99. The molecule has 0 aromatic heterocycles. The summed E-state index contributed by atoms with van der Waals surface area (Å²) in [6.07, 6.45) is 4.38. The third-order valence-electron chi connectivity index (χ3n) is 4.77. The number of hydrogen-bond donors (Lipinski definition) is 1. The zero-order valence-corrected chi connectivity index (χ0v) is 14.9. The van der Waals surface area contributed by atoms with Gasteiger partial charge in [0.25, 0.3) is 11.6 Å². The van der Waals surface area contributed by atoms with E-state index in [4.69, 9.17) is 0 Å². The summed E-state index contributed by atoms with van der Waals surface area (Å²) in [6.45, 7) is 3.53. The van der Waals surface area contributed by atoms with Gasteiger partial charge in [-0.1, -0.05) is 31.0 Å². The van der Waals surface area contributed by atoms with E-state index in [1.165, 1.54) is 6.07 Å². The molecular formula is C20H23N3O3. The first-order valence-electron chi connectivity index (χ1n) is 8.96. The predicted molar refractivity (Wildman–Crippen MR) is 103 cm³/mol. The average molecular weight is 353 g/mol. The Morgan fingerprint density at radius 1 is 1.08 bits per heavy atom. The van der Waals surface area contributed by atoms with Crippen molar-refractivity contribution >= 4 is 23.0 Å². The summed E-state index contributed by atoms with van der Waals surface area (Å²) in [5.41, 5.74) is 2.53. The number of nitro groups is 1. The van der Waals surface area contributed by atoms with Crippen molar-refractivity contribution in [3.8, 4) is 0 Å². The fraction of sp³-hybridized carbons (Fsp3) is 0.350. The number of nitrogens with zero attached hydrogens (tertiary/aromatic N) is 2. The molecule has 0 bridgehead atoms. The number of amides is 1. The summed E-state index contributed by atoms with van der Waals surface area (Å²) in [5.74, 6) is -0.343. The van der Waals surface area contributed by atoms with Gasteiger partial charge in [-0.15, -0.1) is 0 Å². The summed E-state index contributed by atoms with van der Waals surface area (Å²) in [5, 5.41) is 14.4. The largest absolute Gasteiger partial charge is 0.366 e. The number of nitro benzene ring substituents is 1. The minimum absolute atomic E-state index is 0.00988. The highest BCUT2D eigenvalue weighted by atomic mass is 16.6. The van der Waals surface area contributed by atoms with Crippen LogP contribution >= 0.6 is 0 Å². The van der Waals surface area contributed by atoms with Gasteiger partial charge >= 0.3 is 0 Å². The van der Waals surface area contributed by atoms with Crippen LogP contribution in [-0.4, -0.2) is 23.9 Å². The molecule has 0 unspecified atom stereocenters. The molecular weight excluding hydrogens is 330 g/mol. The van der Waals surface area contributed by atoms with E-state index in [1.54, 1.807) is 12.1 Å². The van der Waals surface area contributed by atoms with Gasteiger partial charge in [-0.25, -0.2) is 0 Å². The van der Waals surface area contributed by atoms with Crippen molar-refractivity contribution < 1.29 is 9.72 Å². The fourth-order valence-electron chi connectivity index (χ4n) is 3.30. The summed E-state index contributed by atoms with van der Waals surface area (Å²) >= 11 is 0. The molecule has 1 aliphatic heterocycles. The first-order chi connectivity index (χ1) is 12.6. The van der Waals surface area contributed by atoms with Crippen LogP contribution in [-0.2, 0) is 0 Å². The van der Waals surface area contributed by atoms with E-state index in [-0.39, 0.29) is 11.6 Å². The highest BCUT2D eigenvalue weighted by molar-refractivity contribution is 6.05. The van der Waals surface area contributed by atoms with Crippen LogP contribution in [0.2, 0.25) is 0 Å². The highest BCUT2D eigenvalue weighted by Crippen LogP contribution is 2.31. The molecule has 1 amide bonds. The molecule has 1 aliphatic rings. The number of para-hydroxylation sites is 1. The Morgan fingerprint density at radius 3 is 2.42 bits per heavy atom. The topological polar surface area (TPSA) is 75.5 Å². The summed E-state index contributed by atoms with van der Waals surface area (Å²) in [6, 6.07) is 12.2. The molecule has 2 aromatic rings. The van der Waals surface area contributed by atoms with E-state index in [0.29, 0.717) is 16.9 Å². The van der Waals surface area contributed by atoms with Crippen LogP contribution < -0.4 is 10.2 Å². The van der Waals surface area contributed by atoms with Gasteiger partial charge in [0.1, 0.15) is 5.69 Å². The van der Waals surface area contributed by atoms with Crippen molar-refractivity contribution in [1.29, 1.82) is 0 Å². The summed E-state index contributed by atoms with van der Waals surface area (Å²) < 4.78 is 0. The molecule has 1 N–H and O–H groups in total. The van der Waals surface area contributed by atoms with Crippen LogP contribution in [0, 0.1) is 17.0 Å². The van der Waals surface area contributed by atoms with Gasteiger partial charge in [0, 0.05) is 30.4 Å². The molecule has 1 fully saturated rings. The molecule has 1 heterocycles. The van der Waals surface area contributed by atoms with Gasteiger partial charge in [0.15, 0.2) is 0 Å². The number of aryl methyl sites for hydroxylation is 1. The van der Waals surface area contributed by atoms with Gasteiger partial charge in [-0.3, -0.25) is 14.9 Å². The van der Waals surface area contributed by atoms with Gasteiger partial charge in [-0.2, -0.15) is 0 Å². The SMILES string of the molecule is Cc1ccccc1NC(=O)c1ccc(N2CCCCCC2)c([N+](=O)[O-])c1. The molecule has 0 radical (unpaired) electrons. The van der Waals surface area contributed by atoms with E-state index < -0.39 is 4.92 Å². The normalized spacial score (nSPS) is 14.6. The second-order valence-corrected chi connectivity index (χ2v) is 6.63. The second-order valence-electron chi connectivity index (χ2n) is 6.63. The molecule has 2 aromatic carbocycles. The quantitative estimate of drug-likeness (QED) is 0.647. The minimum Gasteiger partial charge on any atom is -0.366 e. The van der Waals surface area contributed by atoms with Crippen molar-refractivity contribution in [3.63, 3.8) is 0 Å². The van der Waals surface area contributed by atoms with Crippen molar-refractivity contribution in [3.05, 3.63) is 63.7 Å². The van der Waals surface area contributed by atoms with E-state index in [2.05, 4.69) is 10.2 Å². The third-order valence-corrected chi connectivity index (χ3v) is 4.77. The summed E-state index contributed by atoms with van der Waals surface area (Å²) in [4.78, 5) is 25.8. The molecule has 136 valence electrons. The average Bonchev–Trinajstić information content (AvgIpc) is 2.92. The van der Waals surface area contributed by atoms with Gasteiger partial charge in [-0.05, 0) is 43.5 Å². The monoisotopic (exact) mass is 353 g/mol. The fourth-order valence-corrected chi connectivity index (χ4v) is 3.30. The lowest BCUT2D eigenvalue weighted by Gasteiger charge is -2.22. The Kier molecular flexibility index (Phi) is 5.51. The maximum Gasteiger partial charge on any atom is 0.293 e. The Balaban J connectivity index is 1.87. The molecule has 0 aliphatic carbocycles. The Bertz CT molecular complexity index is 812. The van der Waals surface area contributed by atoms with E-state index in [0.717, 1.165) is 44.3 Å². The number of benzene rings is 2. The summed E-state index contributed by atoms with van der Waals surface area (Å²) in [7, 11) is 0. The van der Waals surface area contributed by atoms with Crippen molar-refractivity contribution in [2.75, 3.05) is 23.3 Å². The number of rotatable bonds is 4. The number of nitrogens with one attached hydrogen (secondary N) is 1. The van der Waals surface area contributed by atoms with E-state index in [9.17, 15) is 14.9 Å². The van der Waals surface area contributed by atoms with E-state index in [1.807, 2.05) is 31.2 Å². The van der Waals surface area contributed by atoms with Crippen LogP contribution in [0.15, 0.2) is 42.5 Å². The molecule has 1 saturated heterocycles. The molecule has 6 nitrogen and oxygen atoms in total. The van der Waals surface area contributed by atoms with Crippen LogP contribution in [0.5, 0.6) is 0 Å². The number of hydrogen-bond acceptors (Lipinski definition) is 4. The lowest BCUT2D eigenvalue weighted by molar-refractivity contribution is -0.384. The van der Waals surface area contributed by atoms with Crippen molar-refractivity contribution in [2.45, 2.75) is 32.6 Å². The Labute approximate surface area is 153 Å². The number of anilines is 2. The zero-order chi connectivity index (χ0) is 18.5. The maximum atomic E-state index is 12.5. The zero-order valence-electron chi connectivity index (χ0n) is 14.9. The Morgan fingerprint density at radius 2 is 1.77 bits per heavy atom. The lowest BCUT2D eigenvalue weighted by Crippen LogP contribution is -2.25. The molecule has 0 saturated carbocycles. The molecule has 26 heavy (non-hydrogen) atoms. The maximum absolute atomic E-state index is 12.5. The van der Waals surface area contributed by atoms with Gasteiger partial charge < -0.3 is 10.2 Å². The molecule has 6 heteroatoms. The van der Waals surface area contributed by atoms with Crippen LogP contribution in [0.1, 0.15) is 41.6 Å². The van der Waals surface area contributed by atoms with Crippen LogP contribution in [0.4, 0.5) is 17.1 Å². The van der Waals surface area contributed by atoms with Crippen LogP contribution in [0.3, 0.4) is 0 Å². The van der Waals surface area contributed by atoms with Crippen molar-refractivity contribution in [1.82, 2.24) is 0 Å². The first kappa shape index (κ1) is 17.9. The predicted octanol–water partition coefficient (Wildman–Crippen LogP) is 4.54. The number of carbonyl (C=O) groups is 1. The minimum atomic E-state index is -0.398. The number of carbonyl (C=O) groups excluding carboxylic acids is 1.